The Bertz CT molecular complexity index is 354. The lowest BCUT2D eigenvalue weighted by molar-refractivity contribution is 0.151. The van der Waals surface area contributed by atoms with Gasteiger partial charge in [0, 0.05) is 5.92 Å². The van der Waals surface area contributed by atoms with Crippen LogP contribution in [0.4, 0.5) is 0 Å². The summed E-state index contributed by atoms with van der Waals surface area (Å²) in [6.07, 6.45) is 8.43. The molecule has 2 atom stereocenters. The topological polar surface area (TPSA) is 59.2 Å². The van der Waals surface area contributed by atoms with E-state index in [0.29, 0.717) is 11.8 Å². The molecule has 1 aliphatic rings. The molecule has 0 saturated heterocycles. The maximum Gasteiger partial charge on any atom is 0.232 e. The number of hydrogen-bond donors (Lipinski definition) is 1. The Labute approximate surface area is 109 Å². The summed E-state index contributed by atoms with van der Waals surface area (Å²) in [7, 11) is 0. The standard InChI is InChI=1S/C14H24N2O2/c1-10(11(2)17)14-15-13(16-18-14)12-8-6-4-3-5-7-9-12/h10-12,17H,3-9H2,1-2H3. The molecular formula is C14H24N2O2. The molecule has 0 spiro atoms. The third-order valence-electron chi connectivity index (χ3n) is 4.04. The van der Waals surface area contributed by atoms with Crippen LogP contribution in [0.1, 0.15) is 82.3 Å². The maximum absolute atomic E-state index is 9.55. The molecule has 4 nitrogen and oxygen atoms in total. The molecule has 102 valence electrons. The van der Waals surface area contributed by atoms with Crippen LogP contribution in [0.3, 0.4) is 0 Å². The largest absolute Gasteiger partial charge is 0.393 e. The predicted octanol–water partition coefficient (Wildman–Crippen LogP) is 3.38. The van der Waals surface area contributed by atoms with Crippen LogP contribution in [0.25, 0.3) is 0 Å². The predicted molar refractivity (Wildman–Crippen MR) is 69.5 cm³/mol. The number of rotatable bonds is 3. The second-order valence-corrected chi connectivity index (χ2v) is 5.56. The zero-order valence-electron chi connectivity index (χ0n) is 11.4. The number of aliphatic hydroxyl groups excluding tert-OH is 1. The second kappa shape index (κ2) is 6.32. The van der Waals surface area contributed by atoms with Gasteiger partial charge in [0.1, 0.15) is 0 Å². The van der Waals surface area contributed by atoms with E-state index >= 15 is 0 Å². The van der Waals surface area contributed by atoms with Crippen LogP contribution in [-0.4, -0.2) is 21.4 Å². The summed E-state index contributed by atoms with van der Waals surface area (Å²) in [5.41, 5.74) is 0. The smallest absolute Gasteiger partial charge is 0.232 e. The molecular weight excluding hydrogens is 228 g/mol. The first kappa shape index (κ1) is 13.5. The van der Waals surface area contributed by atoms with Crippen LogP contribution in [-0.2, 0) is 0 Å². The summed E-state index contributed by atoms with van der Waals surface area (Å²) < 4.78 is 5.29. The summed E-state index contributed by atoms with van der Waals surface area (Å²) in [5.74, 6) is 1.78. The van der Waals surface area contributed by atoms with Crippen molar-refractivity contribution in [1.29, 1.82) is 0 Å². The van der Waals surface area contributed by atoms with Crippen LogP contribution in [0.5, 0.6) is 0 Å². The van der Waals surface area contributed by atoms with Gasteiger partial charge in [0.25, 0.3) is 0 Å². The lowest BCUT2D eigenvalue weighted by atomic mass is 9.91. The number of aliphatic hydroxyl groups is 1. The molecule has 0 amide bonds. The van der Waals surface area contributed by atoms with Crippen molar-refractivity contribution >= 4 is 0 Å². The highest BCUT2D eigenvalue weighted by Crippen LogP contribution is 2.30. The SMILES string of the molecule is CC(O)C(C)c1nc(C2CCCCCCC2)no1. The molecule has 1 aromatic rings. The van der Waals surface area contributed by atoms with Gasteiger partial charge in [-0.15, -0.1) is 0 Å². The minimum Gasteiger partial charge on any atom is -0.393 e. The normalized spacial score (nSPS) is 22.2. The molecule has 2 rings (SSSR count). The van der Waals surface area contributed by atoms with E-state index in [9.17, 15) is 5.11 Å². The lowest BCUT2D eigenvalue weighted by Gasteiger charge is -2.16. The zero-order valence-corrected chi connectivity index (χ0v) is 11.4. The van der Waals surface area contributed by atoms with Gasteiger partial charge in [0.15, 0.2) is 5.82 Å². The van der Waals surface area contributed by atoms with Crippen molar-refractivity contribution in [2.75, 3.05) is 0 Å². The van der Waals surface area contributed by atoms with Crippen LogP contribution >= 0.6 is 0 Å². The van der Waals surface area contributed by atoms with Crippen molar-refractivity contribution < 1.29 is 9.63 Å². The van der Waals surface area contributed by atoms with Crippen molar-refractivity contribution in [2.24, 2.45) is 0 Å². The molecule has 1 aromatic heterocycles. The van der Waals surface area contributed by atoms with E-state index in [-0.39, 0.29) is 5.92 Å². The minimum atomic E-state index is -0.448. The fourth-order valence-corrected chi connectivity index (χ4v) is 2.52. The minimum absolute atomic E-state index is 0.0835. The van der Waals surface area contributed by atoms with Gasteiger partial charge in [-0.05, 0) is 19.8 Å². The molecule has 2 unspecified atom stereocenters. The Kier molecular flexibility index (Phi) is 4.75. The highest BCUT2D eigenvalue weighted by atomic mass is 16.5. The second-order valence-electron chi connectivity index (χ2n) is 5.56. The van der Waals surface area contributed by atoms with Crippen LogP contribution in [0, 0.1) is 0 Å². The summed E-state index contributed by atoms with van der Waals surface area (Å²) in [6.45, 7) is 3.67. The van der Waals surface area contributed by atoms with E-state index in [1.54, 1.807) is 6.92 Å². The van der Waals surface area contributed by atoms with Crippen molar-refractivity contribution in [2.45, 2.75) is 76.7 Å². The molecule has 1 saturated carbocycles. The number of hydrogen-bond acceptors (Lipinski definition) is 4. The lowest BCUT2D eigenvalue weighted by Crippen LogP contribution is -2.11. The van der Waals surface area contributed by atoms with Gasteiger partial charge >= 0.3 is 0 Å². The molecule has 4 heteroatoms. The average molecular weight is 252 g/mol. The fourth-order valence-electron chi connectivity index (χ4n) is 2.52. The molecule has 0 bridgehead atoms. The van der Waals surface area contributed by atoms with Gasteiger partial charge in [-0.3, -0.25) is 0 Å². The van der Waals surface area contributed by atoms with Crippen molar-refractivity contribution in [3.63, 3.8) is 0 Å². The average Bonchev–Trinajstić information content (AvgIpc) is 2.76. The molecule has 1 aliphatic carbocycles. The molecule has 1 fully saturated rings. The van der Waals surface area contributed by atoms with Gasteiger partial charge in [-0.1, -0.05) is 44.2 Å². The summed E-state index contributed by atoms with van der Waals surface area (Å²) >= 11 is 0. The van der Waals surface area contributed by atoms with Gasteiger partial charge in [-0.25, -0.2) is 0 Å². The van der Waals surface area contributed by atoms with Crippen molar-refractivity contribution in [3.05, 3.63) is 11.7 Å². The Morgan fingerprint density at radius 2 is 1.72 bits per heavy atom. The molecule has 0 radical (unpaired) electrons. The summed E-state index contributed by atoms with van der Waals surface area (Å²) in [4.78, 5) is 4.49. The number of nitrogens with zero attached hydrogens (tertiary/aromatic N) is 2. The van der Waals surface area contributed by atoms with E-state index in [1.165, 1.54) is 44.9 Å². The Hall–Kier alpha value is -0.900. The van der Waals surface area contributed by atoms with E-state index < -0.39 is 6.10 Å². The first-order chi connectivity index (χ1) is 8.68. The molecule has 18 heavy (non-hydrogen) atoms. The van der Waals surface area contributed by atoms with E-state index in [0.717, 1.165) is 5.82 Å². The highest BCUT2D eigenvalue weighted by Gasteiger charge is 2.23. The van der Waals surface area contributed by atoms with Crippen LogP contribution < -0.4 is 0 Å². The van der Waals surface area contributed by atoms with Crippen LogP contribution in [0.2, 0.25) is 0 Å². The Morgan fingerprint density at radius 1 is 1.11 bits per heavy atom. The molecule has 0 aromatic carbocycles. The fraction of sp³-hybridized carbons (Fsp3) is 0.857. The van der Waals surface area contributed by atoms with E-state index in [4.69, 9.17) is 4.52 Å². The van der Waals surface area contributed by atoms with E-state index in [1.807, 2.05) is 6.92 Å². The van der Waals surface area contributed by atoms with Gasteiger partial charge < -0.3 is 9.63 Å². The quantitative estimate of drug-likeness (QED) is 0.895. The van der Waals surface area contributed by atoms with Crippen molar-refractivity contribution in [1.82, 2.24) is 10.1 Å². The molecule has 1 N–H and O–H groups in total. The third kappa shape index (κ3) is 3.31. The monoisotopic (exact) mass is 252 g/mol. The summed E-state index contributed by atoms with van der Waals surface area (Å²) in [6, 6.07) is 0. The number of aromatic nitrogens is 2. The Balaban J connectivity index is 2.03. The third-order valence-corrected chi connectivity index (χ3v) is 4.04. The Morgan fingerprint density at radius 3 is 2.33 bits per heavy atom. The van der Waals surface area contributed by atoms with E-state index in [2.05, 4.69) is 10.1 Å². The summed E-state index contributed by atoms with van der Waals surface area (Å²) in [5, 5.41) is 13.7. The first-order valence-corrected chi connectivity index (χ1v) is 7.20. The first-order valence-electron chi connectivity index (χ1n) is 7.20. The van der Waals surface area contributed by atoms with Crippen molar-refractivity contribution in [3.8, 4) is 0 Å². The van der Waals surface area contributed by atoms with Gasteiger partial charge in [0.05, 0.1) is 12.0 Å². The molecule has 1 heterocycles. The van der Waals surface area contributed by atoms with Crippen LogP contribution in [0.15, 0.2) is 4.52 Å². The zero-order chi connectivity index (χ0) is 13.0. The maximum atomic E-state index is 9.55. The van der Waals surface area contributed by atoms with Gasteiger partial charge in [-0.2, -0.15) is 4.98 Å². The molecule has 0 aliphatic heterocycles. The van der Waals surface area contributed by atoms with Gasteiger partial charge in [0.2, 0.25) is 5.89 Å². The highest BCUT2D eigenvalue weighted by molar-refractivity contribution is 5.00.